The van der Waals surface area contributed by atoms with Crippen LogP contribution >= 0.6 is 0 Å². The van der Waals surface area contributed by atoms with E-state index in [2.05, 4.69) is 33.5 Å². The van der Waals surface area contributed by atoms with Gasteiger partial charge in [-0.05, 0) is 36.6 Å². The average molecular weight is 266 g/mol. The first-order valence-electron chi connectivity index (χ1n) is 6.84. The molecule has 1 aliphatic rings. The molecule has 2 aromatic rings. The van der Waals surface area contributed by atoms with Crippen LogP contribution in [0.1, 0.15) is 12.0 Å². The van der Waals surface area contributed by atoms with Gasteiger partial charge >= 0.3 is 0 Å². The maximum absolute atomic E-state index is 5.69. The highest BCUT2D eigenvalue weighted by atomic mass is 15.4. The fourth-order valence-electron chi connectivity index (χ4n) is 2.55. The van der Waals surface area contributed by atoms with Crippen molar-refractivity contribution in [2.45, 2.75) is 12.8 Å². The van der Waals surface area contributed by atoms with Crippen LogP contribution in [0.4, 0.5) is 11.4 Å². The number of aliphatic imine (C=N–C) groups is 1. The standard InChI is InChI=1S/C16H18N4/c17-19-16(18-14-9-2-1-3-10-14)20-12-6-8-13-7-4-5-11-15(13)20/h1-5,7,9-11H,6,8,12,17H2,(H,18,19). The molecule has 0 unspecified atom stereocenters. The fourth-order valence-corrected chi connectivity index (χ4v) is 2.55. The highest BCUT2D eigenvalue weighted by Gasteiger charge is 2.20. The number of hydrogen-bond acceptors (Lipinski definition) is 2. The van der Waals surface area contributed by atoms with Gasteiger partial charge in [0.15, 0.2) is 0 Å². The van der Waals surface area contributed by atoms with Crippen LogP contribution in [-0.4, -0.2) is 12.5 Å². The second kappa shape index (κ2) is 5.75. The first kappa shape index (κ1) is 12.7. The summed E-state index contributed by atoms with van der Waals surface area (Å²) < 4.78 is 0. The third-order valence-corrected chi connectivity index (χ3v) is 3.49. The maximum atomic E-state index is 5.69. The van der Waals surface area contributed by atoms with Crippen LogP contribution in [0, 0.1) is 0 Å². The molecule has 3 N–H and O–H groups in total. The van der Waals surface area contributed by atoms with Crippen molar-refractivity contribution in [2.24, 2.45) is 10.8 Å². The number of fused-ring (bicyclic) bond motifs is 1. The molecular weight excluding hydrogens is 248 g/mol. The Morgan fingerprint density at radius 1 is 1.05 bits per heavy atom. The summed E-state index contributed by atoms with van der Waals surface area (Å²) in [6, 6.07) is 18.3. The molecule has 0 saturated carbocycles. The number of rotatable bonds is 1. The van der Waals surface area contributed by atoms with E-state index in [0.29, 0.717) is 5.96 Å². The Labute approximate surface area is 118 Å². The summed E-state index contributed by atoms with van der Waals surface area (Å²) in [6.07, 6.45) is 2.21. The summed E-state index contributed by atoms with van der Waals surface area (Å²) in [5, 5.41) is 0. The number of nitrogens with one attached hydrogen (secondary N) is 1. The van der Waals surface area contributed by atoms with Crippen molar-refractivity contribution in [2.75, 3.05) is 11.4 Å². The van der Waals surface area contributed by atoms with E-state index in [1.54, 1.807) is 0 Å². The van der Waals surface area contributed by atoms with Crippen molar-refractivity contribution in [3.63, 3.8) is 0 Å². The molecule has 0 saturated heterocycles. The van der Waals surface area contributed by atoms with E-state index in [1.807, 2.05) is 36.4 Å². The number of guanidine groups is 1. The van der Waals surface area contributed by atoms with Crippen LogP contribution in [0.5, 0.6) is 0 Å². The zero-order valence-electron chi connectivity index (χ0n) is 11.3. The molecule has 0 fully saturated rings. The van der Waals surface area contributed by atoms with E-state index in [-0.39, 0.29) is 0 Å². The Balaban J connectivity index is 1.97. The lowest BCUT2D eigenvalue weighted by Crippen LogP contribution is -2.46. The van der Waals surface area contributed by atoms with Crippen molar-refractivity contribution >= 4 is 17.3 Å². The molecule has 2 aromatic carbocycles. The highest BCUT2D eigenvalue weighted by molar-refractivity contribution is 5.98. The molecule has 1 aliphatic heterocycles. The Morgan fingerprint density at radius 3 is 2.60 bits per heavy atom. The van der Waals surface area contributed by atoms with Crippen LogP contribution in [-0.2, 0) is 6.42 Å². The molecule has 0 amide bonds. The summed E-state index contributed by atoms with van der Waals surface area (Å²) in [5.41, 5.74) is 6.16. The van der Waals surface area contributed by atoms with Gasteiger partial charge in [0.1, 0.15) is 0 Å². The lowest BCUT2D eigenvalue weighted by molar-refractivity contribution is 0.762. The Kier molecular flexibility index (Phi) is 3.65. The molecule has 4 heteroatoms. The molecule has 0 aromatic heterocycles. The van der Waals surface area contributed by atoms with Crippen LogP contribution in [0.2, 0.25) is 0 Å². The average Bonchev–Trinajstić information content (AvgIpc) is 2.53. The summed E-state index contributed by atoms with van der Waals surface area (Å²) in [5.74, 6) is 6.37. The summed E-state index contributed by atoms with van der Waals surface area (Å²) >= 11 is 0. The predicted octanol–water partition coefficient (Wildman–Crippen LogP) is 2.59. The van der Waals surface area contributed by atoms with Gasteiger partial charge in [-0.2, -0.15) is 0 Å². The number of para-hydroxylation sites is 2. The van der Waals surface area contributed by atoms with Crippen molar-refractivity contribution < 1.29 is 0 Å². The summed E-state index contributed by atoms with van der Waals surface area (Å²) in [4.78, 5) is 6.75. The molecule has 20 heavy (non-hydrogen) atoms. The first-order chi connectivity index (χ1) is 9.88. The monoisotopic (exact) mass is 266 g/mol. The molecule has 4 nitrogen and oxygen atoms in total. The van der Waals surface area contributed by atoms with Gasteiger partial charge in [-0.1, -0.05) is 36.4 Å². The topological polar surface area (TPSA) is 53.6 Å². The van der Waals surface area contributed by atoms with Crippen molar-refractivity contribution in [1.82, 2.24) is 5.43 Å². The van der Waals surface area contributed by atoms with E-state index in [9.17, 15) is 0 Å². The SMILES string of the molecule is NNC(=Nc1ccccc1)N1CCCc2ccccc21. The number of nitrogens with zero attached hydrogens (tertiary/aromatic N) is 2. The second-order valence-electron chi connectivity index (χ2n) is 4.80. The molecular formula is C16H18N4. The largest absolute Gasteiger partial charge is 0.311 e. The van der Waals surface area contributed by atoms with E-state index in [4.69, 9.17) is 5.84 Å². The first-order valence-corrected chi connectivity index (χ1v) is 6.84. The van der Waals surface area contributed by atoms with Gasteiger partial charge in [0, 0.05) is 12.2 Å². The van der Waals surface area contributed by atoms with Crippen molar-refractivity contribution in [3.05, 3.63) is 60.2 Å². The van der Waals surface area contributed by atoms with E-state index >= 15 is 0 Å². The number of aryl methyl sites for hydroxylation is 1. The molecule has 0 radical (unpaired) electrons. The molecule has 1 heterocycles. The Hall–Kier alpha value is -2.33. The molecule has 0 bridgehead atoms. The van der Waals surface area contributed by atoms with Gasteiger partial charge in [0.05, 0.1) is 5.69 Å². The zero-order valence-corrected chi connectivity index (χ0v) is 11.3. The number of hydrazine groups is 1. The van der Waals surface area contributed by atoms with E-state index in [1.165, 1.54) is 11.3 Å². The normalized spacial score (nSPS) is 14.8. The lowest BCUT2D eigenvalue weighted by atomic mass is 10.0. The van der Waals surface area contributed by atoms with Crippen LogP contribution in [0.15, 0.2) is 59.6 Å². The fraction of sp³-hybridized carbons (Fsp3) is 0.188. The third-order valence-electron chi connectivity index (χ3n) is 3.49. The quantitative estimate of drug-likeness (QED) is 0.361. The molecule has 0 aliphatic carbocycles. The van der Waals surface area contributed by atoms with Gasteiger partial charge in [-0.15, -0.1) is 0 Å². The summed E-state index contributed by atoms with van der Waals surface area (Å²) in [6.45, 7) is 0.923. The predicted molar refractivity (Wildman–Crippen MR) is 83.0 cm³/mol. The van der Waals surface area contributed by atoms with Gasteiger partial charge in [0.25, 0.3) is 0 Å². The van der Waals surface area contributed by atoms with Crippen molar-refractivity contribution in [1.29, 1.82) is 0 Å². The minimum Gasteiger partial charge on any atom is -0.311 e. The van der Waals surface area contributed by atoms with Gasteiger partial charge in [0.2, 0.25) is 5.96 Å². The maximum Gasteiger partial charge on any atom is 0.218 e. The Morgan fingerprint density at radius 2 is 1.80 bits per heavy atom. The molecule has 3 rings (SSSR count). The van der Waals surface area contributed by atoms with E-state index in [0.717, 1.165) is 25.1 Å². The van der Waals surface area contributed by atoms with Crippen LogP contribution < -0.4 is 16.2 Å². The minimum absolute atomic E-state index is 0.684. The molecule has 102 valence electrons. The van der Waals surface area contributed by atoms with E-state index < -0.39 is 0 Å². The van der Waals surface area contributed by atoms with Crippen LogP contribution in [0.3, 0.4) is 0 Å². The third kappa shape index (κ3) is 2.51. The smallest absolute Gasteiger partial charge is 0.218 e. The second-order valence-corrected chi connectivity index (χ2v) is 4.80. The number of hydrogen-bond donors (Lipinski definition) is 2. The zero-order chi connectivity index (χ0) is 13.8. The van der Waals surface area contributed by atoms with Crippen molar-refractivity contribution in [3.8, 4) is 0 Å². The minimum atomic E-state index is 0.684. The van der Waals surface area contributed by atoms with Crippen LogP contribution in [0.25, 0.3) is 0 Å². The van der Waals surface area contributed by atoms with Gasteiger partial charge in [-0.25, -0.2) is 10.8 Å². The Bertz CT molecular complexity index is 607. The van der Waals surface area contributed by atoms with Gasteiger partial charge in [-0.3, -0.25) is 5.43 Å². The lowest BCUT2D eigenvalue weighted by Gasteiger charge is -2.31. The number of anilines is 1. The summed E-state index contributed by atoms with van der Waals surface area (Å²) in [7, 11) is 0. The highest BCUT2D eigenvalue weighted by Crippen LogP contribution is 2.27. The number of benzene rings is 2. The molecule has 0 spiro atoms. The number of nitrogens with two attached hydrogens (primary N) is 1. The van der Waals surface area contributed by atoms with Gasteiger partial charge < -0.3 is 4.90 Å². The molecule has 0 atom stereocenters.